The Morgan fingerprint density at radius 1 is 1.33 bits per heavy atom. The van der Waals surface area contributed by atoms with E-state index in [1.165, 1.54) is 24.8 Å². The second-order valence-corrected chi connectivity index (χ2v) is 2.95. The Hall–Kier alpha value is -2.37. The molecule has 0 bridgehead atoms. The molecular weight excluding hydrogens is 196 g/mol. The maximum Gasteiger partial charge on any atom is 0.335 e. The summed E-state index contributed by atoms with van der Waals surface area (Å²) in [6, 6.07) is 4.49. The quantitative estimate of drug-likeness (QED) is 0.696. The Kier molecular flexibility index (Phi) is 2.09. The van der Waals surface area contributed by atoms with Gasteiger partial charge in [-0.15, -0.1) is 10.2 Å². The van der Waals surface area contributed by atoms with Crippen LogP contribution in [0.4, 0.5) is 5.69 Å². The summed E-state index contributed by atoms with van der Waals surface area (Å²) in [5.74, 6) is -1.00. The Morgan fingerprint density at radius 3 is 2.53 bits per heavy atom. The predicted molar refractivity (Wildman–Crippen MR) is 52.7 cm³/mol. The van der Waals surface area contributed by atoms with Gasteiger partial charge in [-0.2, -0.15) is 0 Å². The van der Waals surface area contributed by atoms with Crippen LogP contribution in [-0.2, 0) is 0 Å². The van der Waals surface area contributed by atoms with Crippen molar-refractivity contribution < 1.29 is 9.90 Å². The summed E-state index contributed by atoms with van der Waals surface area (Å²) in [6.45, 7) is 0. The van der Waals surface area contributed by atoms with Gasteiger partial charge < -0.3 is 10.8 Å². The highest BCUT2D eigenvalue weighted by atomic mass is 16.4. The predicted octanol–water partition coefficient (Wildman–Crippen LogP) is 0.548. The number of carbonyl (C=O) groups is 1. The van der Waals surface area contributed by atoms with Gasteiger partial charge in [0.1, 0.15) is 12.7 Å². The first kappa shape index (κ1) is 9.20. The molecule has 0 radical (unpaired) electrons. The summed E-state index contributed by atoms with van der Waals surface area (Å²) >= 11 is 0. The van der Waals surface area contributed by atoms with Gasteiger partial charge in [-0.05, 0) is 18.2 Å². The smallest absolute Gasteiger partial charge is 0.335 e. The molecule has 0 fully saturated rings. The van der Waals surface area contributed by atoms with Crippen LogP contribution in [0.15, 0.2) is 30.9 Å². The maximum atomic E-state index is 10.7. The molecule has 0 aliphatic rings. The molecule has 1 aromatic heterocycles. The van der Waals surface area contributed by atoms with E-state index in [1.807, 2.05) is 0 Å². The standard InChI is InChI=1S/C9H8N4O2/c10-7-3-6(9(14)15)1-2-8(7)13-4-11-12-5-13/h1-5H,10H2,(H,14,15). The highest BCUT2D eigenvalue weighted by Gasteiger charge is 2.07. The molecule has 0 atom stereocenters. The largest absolute Gasteiger partial charge is 0.478 e. The molecule has 1 heterocycles. The number of benzene rings is 1. The van der Waals surface area contributed by atoms with Gasteiger partial charge in [-0.3, -0.25) is 4.57 Å². The average molecular weight is 204 g/mol. The van der Waals surface area contributed by atoms with Gasteiger partial charge in [-0.1, -0.05) is 0 Å². The van der Waals surface area contributed by atoms with Crippen molar-refractivity contribution in [1.82, 2.24) is 14.8 Å². The molecule has 0 unspecified atom stereocenters. The number of rotatable bonds is 2. The molecule has 0 aliphatic heterocycles. The third kappa shape index (κ3) is 1.64. The fraction of sp³-hybridized carbons (Fsp3) is 0. The van der Waals surface area contributed by atoms with Gasteiger partial charge in [0.25, 0.3) is 0 Å². The normalized spacial score (nSPS) is 10.1. The van der Waals surface area contributed by atoms with Crippen molar-refractivity contribution in [3.05, 3.63) is 36.4 Å². The first-order valence-corrected chi connectivity index (χ1v) is 4.16. The molecular formula is C9H8N4O2. The van der Waals surface area contributed by atoms with Crippen LogP contribution < -0.4 is 5.73 Å². The van der Waals surface area contributed by atoms with E-state index in [-0.39, 0.29) is 5.56 Å². The van der Waals surface area contributed by atoms with Gasteiger partial charge in [0.15, 0.2) is 0 Å². The van der Waals surface area contributed by atoms with Crippen molar-refractivity contribution in [3.8, 4) is 5.69 Å². The van der Waals surface area contributed by atoms with Gasteiger partial charge in [-0.25, -0.2) is 4.79 Å². The number of aromatic nitrogens is 3. The molecule has 2 rings (SSSR count). The van der Waals surface area contributed by atoms with Crippen LogP contribution in [0.2, 0.25) is 0 Å². The molecule has 0 amide bonds. The highest BCUT2D eigenvalue weighted by molar-refractivity contribution is 5.89. The lowest BCUT2D eigenvalue weighted by Gasteiger charge is -2.05. The number of nitrogens with two attached hydrogens (primary N) is 1. The van der Waals surface area contributed by atoms with E-state index < -0.39 is 5.97 Å². The topological polar surface area (TPSA) is 94.0 Å². The molecule has 15 heavy (non-hydrogen) atoms. The Bertz CT molecular complexity index is 493. The minimum absolute atomic E-state index is 0.157. The second kappa shape index (κ2) is 3.41. The van der Waals surface area contributed by atoms with Crippen LogP contribution in [0.5, 0.6) is 0 Å². The van der Waals surface area contributed by atoms with Crippen molar-refractivity contribution in [1.29, 1.82) is 0 Å². The number of nitrogen functional groups attached to an aromatic ring is 1. The Labute approximate surface area is 85.0 Å². The fourth-order valence-corrected chi connectivity index (χ4v) is 1.25. The number of hydrogen-bond donors (Lipinski definition) is 2. The lowest BCUT2D eigenvalue weighted by atomic mass is 10.2. The minimum Gasteiger partial charge on any atom is -0.478 e. The molecule has 0 saturated heterocycles. The monoisotopic (exact) mass is 204 g/mol. The van der Waals surface area contributed by atoms with E-state index in [0.29, 0.717) is 11.4 Å². The van der Waals surface area contributed by atoms with E-state index in [9.17, 15) is 4.79 Å². The molecule has 2 aromatic rings. The minimum atomic E-state index is -1.00. The molecule has 1 aromatic carbocycles. The highest BCUT2D eigenvalue weighted by Crippen LogP contribution is 2.18. The van der Waals surface area contributed by atoms with Gasteiger partial charge in [0.2, 0.25) is 0 Å². The zero-order valence-corrected chi connectivity index (χ0v) is 7.66. The van der Waals surface area contributed by atoms with Crippen molar-refractivity contribution in [2.75, 3.05) is 5.73 Å². The van der Waals surface area contributed by atoms with Gasteiger partial charge in [0.05, 0.1) is 16.9 Å². The SMILES string of the molecule is Nc1cc(C(=O)O)ccc1-n1cnnc1. The summed E-state index contributed by atoms with van der Waals surface area (Å²) in [5, 5.41) is 16.0. The summed E-state index contributed by atoms with van der Waals surface area (Å²) < 4.78 is 1.61. The molecule has 76 valence electrons. The van der Waals surface area contributed by atoms with Crippen LogP contribution in [-0.4, -0.2) is 25.8 Å². The van der Waals surface area contributed by atoms with Crippen molar-refractivity contribution in [3.63, 3.8) is 0 Å². The van der Waals surface area contributed by atoms with Gasteiger partial charge in [0, 0.05) is 0 Å². The number of nitrogens with zero attached hydrogens (tertiary/aromatic N) is 3. The van der Waals surface area contributed by atoms with E-state index >= 15 is 0 Å². The van der Waals surface area contributed by atoms with Crippen LogP contribution in [0.1, 0.15) is 10.4 Å². The maximum absolute atomic E-state index is 10.7. The molecule has 0 spiro atoms. The number of carboxylic acids is 1. The number of hydrogen-bond acceptors (Lipinski definition) is 4. The Balaban J connectivity index is 2.48. The van der Waals surface area contributed by atoms with Crippen molar-refractivity contribution in [2.45, 2.75) is 0 Å². The van der Waals surface area contributed by atoms with Crippen LogP contribution in [0, 0.1) is 0 Å². The zero-order valence-electron chi connectivity index (χ0n) is 7.66. The van der Waals surface area contributed by atoms with Crippen molar-refractivity contribution in [2.24, 2.45) is 0 Å². The third-order valence-electron chi connectivity index (χ3n) is 1.97. The third-order valence-corrected chi connectivity index (χ3v) is 1.97. The first-order valence-electron chi connectivity index (χ1n) is 4.16. The zero-order chi connectivity index (χ0) is 10.8. The molecule has 3 N–H and O–H groups in total. The average Bonchev–Trinajstić information content (AvgIpc) is 2.70. The molecule has 6 nitrogen and oxygen atoms in total. The summed E-state index contributed by atoms with van der Waals surface area (Å²) in [5.41, 5.74) is 6.89. The lowest BCUT2D eigenvalue weighted by Crippen LogP contribution is -2.02. The molecule has 0 aliphatic carbocycles. The van der Waals surface area contributed by atoms with E-state index in [4.69, 9.17) is 10.8 Å². The van der Waals surface area contributed by atoms with Crippen molar-refractivity contribution >= 4 is 11.7 Å². The fourth-order valence-electron chi connectivity index (χ4n) is 1.25. The summed E-state index contributed by atoms with van der Waals surface area (Å²) in [4.78, 5) is 10.7. The number of carboxylic acid groups (broad SMARTS) is 1. The lowest BCUT2D eigenvalue weighted by molar-refractivity contribution is 0.0697. The van der Waals surface area contributed by atoms with Crippen LogP contribution >= 0.6 is 0 Å². The second-order valence-electron chi connectivity index (χ2n) is 2.95. The molecule has 0 saturated carbocycles. The number of aromatic carboxylic acids is 1. The van der Waals surface area contributed by atoms with E-state index in [2.05, 4.69) is 10.2 Å². The van der Waals surface area contributed by atoms with Crippen LogP contribution in [0.25, 0.3) is 5.69 Å². The van der Waals surface area contributed by atoms with Gasteiger partial charge >= 0.3 is 5.97 Å². The summed E-state index contributed by atoms with van der Waals surface area (Å²) in [7, 11) is 0. The van der Waals surface area contributed by atoms with Crippen LogP contribution in [0.3, 0.4) is 0 Å². The summed E-state index contributed by atoms with van der Waals surface area (Å²) in [6.07, 6.45) is 2.98. The molecule has 6 heteroatoms. The van der Waals surface area contributed by atoms with E-state index in [0.717, 1.165) is 0 Å². The number of anilines is 1. The first-order chi connectivity index (χ1) is 7.18. The Morgan fingerprint density at radius 2 is 2.00 bits per heavy atom. The van der Waals surface area contributed by atoms with E-state index in [1.54, 1.807) is 10.6 Å².